The third kappa shape index (κ3) is 11.8. The van der Waals surface area contributed by atoms with Crippen LogP contribution in [0.2, 0.25) is 5.02 Å². The summed E-state index contributed by atoms with van der Waals surface area (Å²) in [6, 6.07) is 5.71. The molecule has 362 valence electrons. The molecule has 5 heterocycles. The van der Waals surface area contributed by atoms with Crippen LogP contribution < -0.4 is 15.0 Å². The number of thiophene rings is 1. The molecule has 2 amide bonds. The van der Waals surface area contributed by atoms with Gasteiger partial charge in [-0.2, -0.15) is 15.2 Å². The monoisotopic (exact) mass is 967 g/mol. The van der Waals surface area contributed by atoms with Crippen LogP contribution in [0.4, 0.5) is 29.2 Å². The fourth-order valence-corrected chi connectivity index (χ4v) is 10.3. The summed E-state index contributed by atoms with van der Waals surface area (Å²) in [5.74, 6) is -1.45. The minimum atomic E-state index is -0.849. The van der Waals surface area contributed by atoms with Gasteiger partial charge in [0.1, 0.15) is 51.6 Å². The number of halogens is 3. The van der Waals surface area contributed by atoms with E-state index in [1.807, 2.05) is 46.4 Å². The number of esters is 1. The van der Waals surface area contributed by atoms with Gasteiger partial charge in [-0.25, -0.2) is 18.4 Å². The Kier molecular flexibility index (Phi) is 14.8. The number of amides is 2. The topological polar surface area (TPSA) is 169 Å². The number of hydrogen-bond donors (Lipinski definition) is 1. The number of benzene rings is 2. The standard InChI is InChI=1S/C48H60ClF2N7O8S/c1-46(2,3)64-35(59)17-21-62-20-11-19-56-18-10-12-29(56)26-63-43-53-39-31(41(54-43)57-24-27-13-14-28(25-57)58(27)45(61)66-48(7,8)9)22-33(49)37(38(39)51)30-15-16-34(50)40-36(30)32(23-52)42(67-40)55-44(60)65-47(4,5)6/h15-16,22,27-29H,10-14,17-21,24-26H2,1-9H3,(H,55,60)/t27-,28-,29+/m1/s1. The molecule has 1 N–H and O–H groups in total. The van der Waals surface area contributed by atoms with Gasteiger partial charge >= 0.3 is 24.2 Å². The van der Waals surface area contributed by atoms with E-state index in [4.69, 9.17) is 40.3 Å². The van der Waals surface area contributed by atoms with E-state index in [1.54, 1.807) is 31.7 Å². The first kappa shape index (κ1) is 49.8. The quantitative estimate of drug-likeness (QED) is 0.0764. The second kappa shape index (κ2) is 19.9. The Labute approximate surface area is 399 Å². The Bertz CT molecular complexity index is 2550. The highest BCUT2D eigenvalue weighted by atomic mass is 35.5. The number of ether oxygens (including phenoxy) is 5. The van der Waals surface area contributed by atoms with E-state index >= 15 is 8.78 Å². The summed E-state index contributed by atoms with van der Waals surface area (Å²) in [5, 5.41) is 13.3. The summed E-state index contributed by atoms with van der Waals surface area (Å²) in [6.45, 7) is 19.3. The number of nitrogens with zero attached hydrogens (tertiary/aromatic N) is 6. The fourth-order valence-electron chi connectivity index (χ4n) is 8.94. The van der Waals surface area contributed by atoms with Gasteiger partial charge in [-0.3, -0.25) is 19.9 Å². The number of nitrogens with one attached hydrogen (secondary N) is 1. The molecule has 19 heteroatoms. The Balaban J connectivity index is 1.20. The molecule has 67 heavy (non-hydrogen) atoms. The molecule has 4 aromatic rings. The number of rotatable bonds is 13. The molecule has 0 spiro atoms. The van der Waals surface area contributed by atoms with Crippen molar-refractivity contribution in [3.8, 4) is 23.2 Å². The zero-order chi connectivity index (χ0) is 48.6. The van der Waals surface area contributed by atoms with Crippen LogP contribution in [-0.2, 0) is 23.7 Å². The Morgan fingerprint density at radius 3 is 2.28 bits per heavy atom. The molecule has 2 bridgehead atoms. The van der Waals surface area contributed by atoms with Crippen molar-refractivity contribution in [2.24, 2.45) is 0 Å². The number of carbonyl (C=O) groups is 3. The first-order valence-electron chi connectivity index (χ1n) is 22.8. The number of anilines is 2. The minimum Gasteiger partial charge on any atom is -0.462 e. The van der Waals surface area contributed by atoms with Gasteiger partial charge in [0.15, 0.2) is 5.82 Å². The molecule has 15 nitrogen and oxygen atoms in total. The second-order valence-corrected chi connectivity index (χ2v) is 21.7. The molecule has 0 radical (unpaired) electrons. The zero-order valence-electron chi connectivity index (χ0n) is 39.6. The summed E-state index contributed by atoms with van der Waals surface area (Å²) < 4.78 is 61.9. The van der Waals surface area contributed by atoms with Crippen LogP contribution in [0.25, 0.3) is 32.1 Å². The maximum absolute atomic E-state index is 17.6. The molecule has 3 fully saturated rings. The second-order valence-electron chi connectivity index (χ2n) is 20.2. The van der Waals surface area contributed by atoms with E-state index in [0.717, 1.165) is 62.6 Å². The van der Waals surface area contributed by atoms with Gasteiger partial charge in [-0.15, -0.1) is 11.3 Å². The van der Waals surface area contributed by atoms with Crippen molar-refractivity contribution < 1.29 is 46.8 Å². The highest BCUT2D eigenvalue weighted by Crippen LogP contribution is 2.47. The first-order valence-corrected chi connectivity index (χ1v) is 24.0. The normalized spacial score (nSPS) is 18.9. The smallest absolute Gasteiger partial charge is 0.412 e. The van der Waals surface area contributed by atoms with Crippen molar-refractivity contribution in [3.05, 3.63) is 40.4 Å². The molecular formula is C48H60ClF2N7O8S. The van der Waals surface area contributed by atoms with Crippen molar-refractivity contribution >= 4 is 72.9 Å². The molecule has 3 saturated heterocycles. The number of likely N-dealkylation sites (tertiary alicyclic amines) is 1. The maximum atomic E-state index is 17.6. The summed E-state index contributed by atoms with van der Waals surface area (Å²) in [4.78, 5) is 54.0. The van der Waals surface area contributed by atoms with Crippen LogP contribution in [0.5, 0.6) is 6.01 Å². The van der Waals surface area contributed by atoms with Crippen LogP contribution in [0, 0.1) is 23.0 Å². The van der Waals surface area contributed by atoms with Gasteiger partial charge in [0, 0.05) is 48.6 Å². The third-order valence-corrected chi connectivity index (χ3v) is 12.9. The summed E-state index contributed by atoms with van der Waals surface area (Å²) in [7, 11) is 0. The number of piperazine rings is 1. The SMILES string of the molecule is CC(C)(C)OC(=O)CCOCCCN1CCC[C@H]1COc1nc(N2C[C@H]3CC[C@H](C2)N3C(=O)OC(C)(C)C)c2cc(Cl)c(-c3ccc(F)c4sc(NC(=O)OC(C)(C)C)c(C#N)c34)c(F)c2n1. The molecule has 3 aliphatic heterocycles. The van der Waals surface area contributed by atoms with Gasteiger partial charge in [0.25, 0.3) is 0 Å². The number of fused-ring (bicyclic) bond motifs is 4. The summed E-state index contributed by atoms with van der Waals surface area (Å²) in [5.41, 5.74) is -2.28. The average molecular weight is 969 g/mol. The van der Waals surface area contributed by atoms with Crippen molar-refractivity contribution in [3.63, 3.8) is 0 Å². The molecule has 2 aromatic heterocycles. The fraction of sp³-hybridized carbons (Fsp3) is 0.583. The van der Waals surface area contributed by atoms with Crippen LogP contribution in [0.3, 0.4) is 0 Å². The van der Waals surface area contributed by atoms with Crippen LogP contribution >= 0.6 is 22.9 Å². The minimum absolute atomic E-state index is 0.00915. The maximum Gasteiger partial charge on any atom is 0.412 e. The third-order valence-electron chi connectivity index (χ3n) is 11.5. The van der Waals surface area contributed by atoms with Gasteiger partial charge in [-0.05, 0) is 119 Å². The zero-order valence-corrected chi connectivity index (χ0v) is 41.2. The number of nitriles is 1. The molecular weight excluding hydrogens is 908 g/mol. The van der Waals surface area contributed by atoms with Crippen molar-refractivity contribution in [2.75, 3.05) is 56.2 Å². The van der Waals surface area contributed by atoms with Crippen molar-refractivity contribution in [2.45, 2.75) is 136 Å². The van der Waals surface area contributed by atoms with Crippen molar-refractivity contribution in [1.29, 1.82) is 5.26 Å². The Morgan fingerprint density at radius 1 is 0.940 bits per heavy atom. The predicted octanol–water partition coefficient (Wildman–Crippen LogP) is 10.2. The van der Waals surface area contributed by atoms with Crippen molar-refractivity contribution in [1.82, 2.24) is 19.8 Å². The average Bonchev–Trinajstić information content (AvgIpc) is 3.90. The van der Waals surface area contributed by atoms with Gasteiger partial charge in [0.2, 0.25) is 0 Å². The molecule has 3 atom stereocenters. The lowest BCUT2D eigenvalue weighted by Gasteiger charge is -2.42. The molecule has 0 unspecified atom stereocenters. The molecule has 7 rings (SSSR count). The number of hydrogen-bond acceptors (Lipinski definition) is 14. The highest BCUT2D eigenvalue weighted by molar-refractivity contribution is 7.23. The Hall–Kier alpha value is -5.09. The van der Waals surface area contributed by atoms with E-state index < -0.39 is 34.5 Å². The lowest BCUT2D eigenvalue weighted by molar-refractivity contribution is -0.156. The van der Waals surface area contributed by atoms with Crippen LogP contribution in [0.1, 0.15) is 106 Å². The molecule has 3 aliphatic rings. The summed E-state index contributed by atoms with van der Waals surface area (Å²) >= 11 is 7.87. The van der Waals surface area contributed by atoms with Crippen LogP contribution in [-0.4, -0.2) is 119 Å². The van der Waals surface area contributed by atoms with E-state index in [9.17, 15) is 19.6 Å². The van der Waals surface area contributed by atoms with Gasteiger partial charge in [-0.1, -0.05) is 17.7 Å². The van der Waals surface area contributed by atoms with E-state index in [0.29, 0.717) is 30.9 Å². The molecule has 0 saturated carbocycles. The number of aromatic nitrogens is 2. The lowest BCUT2D eigenvalue weighted by atomic mass is 9.97. The largest absolute Gasteiger partial charge is 0.462 e. The number of carbonyl (C=O) groups excluding carboxylic acids is 3. The molecule has 0 aliphatic carbocycles. The van der Waals surface area contributed by atoms with Gasteiger partial charge in [0.05, 0.1) is 40.4 Å². The molecule has 2 aromatic carbocycles. The van der Waals surface area contributed by atoms with Gasteiger partial charge < -0.3 is 28.6 Å². The highest BCUT2D eigenvalue weighted by Gasteiger charge is 2.45. The van der Waals surface area contributed by atoms with Crippen LogP contribution in [0.15, 0.2) is 18.2 Å². The predicted molar refractivity (Wildman–Crippen MR) is 253 cm³/mol. The lowest BCUT2D eigenvalue weighted by Crippen LogP contribution is -2.57. The van der Waals surface area contributed by atoms with E-state index in [-0.39, 0.29) is 98.2 Å². The Morgan fingerprint density at radius 2 is 1.63 bits per heavy atom. The summed E-state index contributed by atoms with van der Waals surface area (Å²) in [6.07, 6.45) is 2.98. The van der Waals surface area contributed by atoms with E-state index in [1.165, 1.54) is 6.07 Å². The van der Waals surface area contributed by atoms with E-state index in [2.05, 4.69) is 21.3 Å². The first-order chi connectivity index (χ1) is 31.5.